The molecule has 0 amide bonds. The molecule has 0 bridgehead atoms. The van der Waals surface area contributed by atoms with Crippen molar-refractivity contribution in [2.45, 2.75) is 71.6 Å². The summed E-state index contributed by atoms with van der Waals surface area (Å²) in [7, 11) is 0. The predicted octanol–water partition coefficient (Wildman–Crippen LogP) is 8.69. The molecule has 1 atom stereocenters. The fraction of sp³-hybridized carbons (Fsp3) is 0.387. The number of aryl methyl sites for hydroxylation is 2. The zero-order valence-electron chi connectivity index (χ0n) is 20.0. The van der Waals surface area contributed by atoms with Gasteiger partial charge in [0.25, 0.3) is 0 Å². The van der Waals surface area contributed by atoms with E-state index >= 15 is 0 Å². The standard InChI is InChI=1S/C31H39N/c1-4-6-17-29(5-2)25(3)23-27-16-11-18-30(20-19-27)31-24-28(21-22-32-31)15-10-14-26-12-8-7-9-13-26/h7-9,12-13,16,18-22,24,29H,3-6,10-11,14-15,17,23H2,1-2H3. The Balaban J connectivity index is 1.57. The molecule has 32 heavy (non-hydrogen) atoms. The average Bonchev–Trinajstić information content (AvgIpc) is 3.06. The summed E-state index contributed by atoms with van der Waals surface area (Å²) in [6, 6.07) is 15.2. The highest BCUT2D eigenvalue weighted by molar-refractivity contribution is 5.73. The van der Waals surface area contributed by atoms with E-state index in [0.29, 0.717) is 5.92 Å². The van der Waals surface area contributed by atoms with Crippen molar-refractivity contribution in [1.29, 1.82) is 0 Å². The SMILES string of the molecule is C=C(CC1=CCC=C(c2cc(CCCc3ccccc3)ccn2)C=C1)C(CC)CCCC. The number of hydrogen-bond acceptors (Lipinski definition) is 1. The summed E-state index contributed by atoms with van der Waals surface area (Å²) in [6.45, 7) is 9.00. The molecule has 168 valence electrons. The van der Waals surface area contributed by atoms with Crippen molar-refractivity contribution in [2.24, 2.45) is 5.92 Å². The van der Waals surface area contributed by atoms with Crippen LogP contribution in [-0.2, 0) is 12.8 Å². The lowest BCUT2D eigenvalue weighted by molar-refractivity contribution is 0.508. The van der Waals surface area contributed by atoms with E-state index in [9.17, 15) is 0 Å². The van der Waals surface area contributed by atoms with E-state index in [2.05, 4.69) is 92.2 Å². The molecule has 0 N–H and O–H groups in total. The molecule has 1 nitrogen and oxygen atoms in total. The van der Waals surface area contributed by atoms with Crippen molar-refractivity contribution in [2.75, 3.05) is 0 Å². The monoisotopic (exact) mass is 425 g/mol. The highest BCUT2D eigenvalue weighted by Crippen LogP contribution is 2.28. The third kappa shape index (κ3) is 7.48. The second-order valence-corrected chi connectivity index (χ2v) is 8.98. The van der Waals surface area contributed by atoms with Gasteiger partial charge >= 0.3 is 0 Å². The maximum Gasteiger partial charge on any atom is 0.0701 e. The van der Waals surface area contributed by atoms with Gasteiger partial charge in [-0.25, -0.2) is 0 Å². The van der Waals surface area contributed by atoms with Gasteiger partial charge in [0.1, 0.15) is 0 Å². The van der Waals surface area contributed by atoms with Gasteiger partial charge in [0.15, 0.2) is 0 Å². The Hall–Kier alpha value is -2.67. The van der Waals surface area contributed by atoms with Gasteiger partial charge in [-0.15, -0.1) is 0 Å². The molecule has 1 unspecified atom stereocenters. The Morgan fingerprint density at radius 1 is 0.969 bits per heavy atom. The van der Waals surface area contributed by atoms with E-state index in [1.807, 2.05) is 6.20 Å². The van der Waals surface area contributed by atoms with Crippen molar-refractivity contribution >= 4 is 5.57 Å². The first-order valence-corrected chi connectivity index (χ1v) is 12.4. The Labute approximate surface area is 195 Å². The van der Waals surface area contributed by atoms with Crippen molar-refractivity contribution in [3.63, 3.8) is 0 Å². The van der Waals surface area contributed by atoms with E-state index in [0.717, 1.165) is 37.8 Å². The molecular weight excluding hydrogens is 386 g/mol. The number of allylic oxidation sites excluding steroid dienone is 7. The van der Waals surface area contributed by atoms with Crippen LogP contribution in [0.1, 0.15) is 75.6 Å². The van der Waals surface area contributed by atoms with Crippen LogP contribution in [0.3, 0.4) is 0 Å². The van der Waals surface area contributed by atoms with Crippen LogP contribution in [0.2, 0.25) is 0 Å². The molecule has 0 fully saturated rings. The van der Waals surface area contributed by atoms with Gasteiger partial charge in [0.2, 0.25) is 0 Å². The molecule has 0 saturated heterocycles. The van der Waals surface area contributed by atoms with Gasteiger partial charge in [-0.2, -0.15) is 0 Å². The predicted molar refractivity (Wildman–Crippen MR) is 140 cm³/mol. The number of aromatic nitrogens is 1. The lowest BCUT2D eigenvalue weighted by Gasteiger charge is -2.18. The topological polar surface area (TPSA) is 12.9 Å². The van der Waals surface area contributed by atoms with E-state index in [-0.39, 0.29) is 0 Å². The number of hydrogen-bond donors (Lipinski definition) is 0. The number of rotatable bonds is 12. The molecule has 3 rings (SSSR count). The van der Waals surface area contributed by atoms with Crippen LogP contribution in [0, 0.1) is 5.92 Å². The Morgan fingerprint density at radius 3 is 2.56 bits per heavy atom. The second-order valence-electron chi connectivity index (χ2n) is 8.98. The van der Waals surface area contributed by atoms with Crippen LogP contribution in [0.4, 0.5) is 0 Å². The van der Waals surface area contributed by atoms with Gasteiger partial charge in [-0.05, 0) is 85.3 Å². The minimum Gasteiger partial charge on any atom is -0.256 e. The minimum absolute atomic E-state index is 0.647. The minimum atomic E-state index is 0.647. The quantitative estimate of drug-likeness (QED) is 0.310. The summed E-state index contributed by atoms with van der Waals surface area (Å²) < 4.78 is 0. The molecule has 0 radical (unpaired) electrons. The van der Waals surface area contributed by atoms with Gasteiger partial charge < -0.3 is 0 Å². The van der Waals surface area contributed by atoms with Crippen LogP contribution in [0.5, 0.6) is 0 Å². The first-order chi connectivity index (χ1) is 15.7. The van der Waals surface area contributed by atoms with Crippen LogP contribution >= 0.6 is 0 Å². The zero-order chi connectivity index (χ0) is 22.6. The maximum atomic E-state index is 4.67. The Morgan fingerprint density at radius 2 is 1.78 bits per heavy atom. The highest BCUT2D eigenvalue weighted by Gasteiger charge is 2.12. The Kier molecular flexibility index (Phi) is 9.75. The molecule has 2 aromatic rings. The van der Waals surface area contributed by atoms with E-state index in [1.54, 1.807) is 0 Å². The maximum absolute atomic E-state index is 4.67. The molecule has 1 aliphatic rings. The molecule has 1 aliphatic carbocycles. The molecule has 1 heteroatoms. The summed E-state index contributed by atoms with van der Waals surface area (Å²) in [5, 5.41) is 0. The summed E-state index contributed by atoms with van der Waals surface area (Å²) in [5.41, 5.74) is 7.87. The largest absolute Gasteiger partial charge is 0.256 e. The number of pyridine rings is 1. The third-order valence-electron chi connectivity index (χ3n) is 6.50. The normalized spacial score (nSPS) is 14.4. The summed E-state index contributed by atoms with van der Waals surface area (Å²) in [6.07, 6.45) is 21.5. The summed E-state index contributed by atoms with van der Waals surface area (Å²) in [5.74, 6) is 0.647. The van der Waals surface area contributed by atoms with Gasteiger partial charge in [-0.1, -0.05) is 93.5 Å². The fourth-order valence-corrected chi connectivity index (χ4v) is 4.47. The molecule has 0 saturated carbocycles. The smallest absolute Gasteiger partial charge is 0.0701 e. The first-order valence-electron chi connectivity index (χ1n) is 12.4. The van der Waals surface area contributed by atoms with Crippen molar-refractivity contribution in [3.05, 3.63) is 108 Å². The van der Waals surface area contributed by atoms with E-state index < -0.39 is 0 Å². The number of benzene rings is 1. The van der Waals surface area contributed by atoms with Crippen molar-refractivity contribution in [3.8, 4) is 0 Å². The van der Waals surface area contributed by atoms with Gasteiger partial charge in [-0.3, -0.25) is 4.98 Å². The fourth-order valence-electron chi connectivity index (χ4n) is 4.47. The van der Waals surface area contributed by atoms with Crippen LogP contribution in [0.25, 0.3) is 5.57 Å². The second kappa shape index (κ2) is 13.0. The summed E-state index contributed by atoms with van der Waals surface area (Å²) >= 11 is 0. The lowest BCUT2D eigenvalue weighted by Crippen LogP contribution is -2.03. The molecular formula is C31H39N. The van der Waals surface area contributed by atoms with Crippen LogP contribution < -0.4 is 0 Å². The number of unbranched alkanes of at least 4 members (excludes halogenated alkanes) is 1. The van der Waals surface area contributed by atoms with E-state index in [4.69, 9.17) is 0 Å². The number of nitrogens with zero attached hydrogens (tertiary/aromatic N) is 1. The summed E-state index contributed by atoms with van der Waals surface area (Å²) in [4.78, 5) is 4.67. The Bertz CT molecular complexity index is 945. The zero-order valence-corrected chi connectivity index (χ0v) is 20.0. The van der Waals surface area contributed by atoms with Gasteiger partial charge in [0.05, 0.1) is 5.69 Å². The molecule has 0 aliphatic heterocycles. The van der Waals surface area contributed by atoms with Crippen molar-refractivity contribution < 1.29 is 0 Å². The molecule has 1 aromatic heterocycles. The van der Waals surface area contributed by atoms with Crippen molar-refractivity contribution in [1.82, 2.24) is 4.98 Å². The lowest BCUT2D eigenvalue weighted by atomic mass is 9.88. The molecule has 1 heterocycles. The average molecular weight is 426 g/mol. The molecule has 1 aromatic carbocycles. The third-order valence-corrected chi connectivity index (χ3v) is 6.50. The van der Waals surface area contributed by atoms with Crippen LogP contribution in [0.15, 0.2) is 90.7 Å². The first kappa shape index (κ1) is 24.0. The van der Waals surface area contributed by atoms with Gasteiger partial charge in [0, 0.05) is 6.20 Å². The van der Waals surface area contributed by atoms with E-state index in [1.165, 1.54) is 53.5 Å². The van der Waals surface area contributed by atoms with Crippen LogP contribution in [-0.4, -0.2) is 4.98 Å². The molecule has 0 spiro atoms. The highest BCUT2D eigenvalue weighted by atomic mass is 14.7.